The molecule has 1 aromatic carbocycles. The van der Waals surface area contributed by atoms with Gasteiger partial charge in [0.2, 0.25) is 0 Å². The second-order valence-electron chi connectivity index (χ2n) is 3.16. The van der Waals surface area contributed by atoms with Crippen LogP contribution in [0.2, 0.25) is 0 Å². The zero-order chi connectivity index (χ0) is 12.0. The van der Waals surface area contributed by atoms with Crippen LogP contribution in [-0.4, -0.2) is 22.5 Å². The molecular weight excluding hydrogens is 206 g/mol. The molecule has 0 aliphatic rings. The van der Waals surface area contributed by atoms with Gasteiger partial charge < -0.3 is 0 Å². The Bertz CT molecular complexity index is 398. The Hall–Kier alpha value is -1.94. The fourth-order valence-electron chi connectivity index (χ4n) is 1.16. The van der Waals surface area contributed by atoms with Crippen molar-refractivity contribution < 1.29 is 14.8 Å². The normalized spacial score (nSPS) is 11.0. The molecule has 0 bridgehead atoms. The van der Waals surface area contributed by atoms with Crippen LogP contribution in [0.25, 0.3) is 6.08 Å². The number of nitrogens with zero attached hydrogens (tertiary/aromatic N) is 1. The molecule has 0 aromatic heterocycles. The lowest BCUT2D eigenvalue weighted by molar-refractivity contribution is -0.157. The molecular formula is C12H13NO3. The van der Waals surface area contributed by atoms with Crippen LogP contribution in [-0.2, 0) is 9.59 Å². The summed E-state index contributed by atoms with van der Waals surface area (Å²) in [5.41, 5.74) is 0.672. The van der Waals surface area contributed by atoms with E-state index in [-0.39, 0.29) is 12.1 Å². The van der Waals surface area contributed by atoms with E-state index in [1.807, 2.05) is 6.07 Å². The number of allylic oxidation sites excluding steroid dienone is 1. The van der Waals surface area contributed by atoms with Gasteiger partial charge >= 0.3 is 0 Å². The summed E-state index contributed by atoms with van der Waals surface area (Å²) in [6, 6.07) is 8.99. The maximum atomic E-state index is 11.2. The van der Waals surface area contributed by atoms with Crippen LogP contribution in [0.1, 0.15) is 18.9 Å². The molecule has 0 atom stereocenters. The summed E-state index contributed by atoms with van der Waals surface area (Å²) >= 11 is 0. The molecule has 0 aliphatic carbocycles. The van der Waals surface area contributed by atoms with Gasteiger partial charge in [-0.05, 0) is 11.6 Å². The number of carbonyl (C=O) groups is 2. The van der Waals surface area contributed by atoms with Crippen molar-refractivity contribution in [2.24, 2.45) is 0 Å². The topological polar surface area (TPSA) is 57.6 Å². The predicted molar refractivity (Wildman–Crippen MR) is 59.4 cm³/mol. The highest BCUT2D eigenvalue weighted by atomic mass is 16.5. The van der Waals surface area contributed by atoms with E-state index >= 15 is 0 Å². The van der Waals surface area contributed by atoms with Crippen molar-refractivity contribution in [2.45, 2.75) is 13.3 Å². The van der Waals surface area contributed by atoms with Crippen LogP contribution >= 0.6 is 0 Å². The lowest BCUT2D eigenvalue weighted by Gasteiger charge is -2.13. The zero-order valence-electron chi connectivity index (χ0n) is 8.96. The molecule has 0 radical (unpaired) electrons. The van der Waals surface area contributed by atoms with Crippen LogP contribution in [0.5, 0.6) is 0 Å². The minimum absolute atomic E-state index is 0.0712. The van der Waals surface area contributed by atoms with E-state index in [0.29, 0.717) is 11.3 Å². The second-order valence-corrected chi connectivity index (χ2v) is 3.16. The number of amides is 1. The van der Waals surface area contributed by atoms with Crippen molar-refractivity contribution >= 4 is 18.3 Å². The fourth-order valence-corrected chi connectivity index (χ4v) is 1.16. The summed E-state index contributed by atoms with van der Waals surface area (Å²) in [6.07, 6.45) is 2.03. The lowest BCUT2D eigenvalue weighted by Crippen LogP contribution is -2.26. The minimum Gasteiger partial charge on any atom is -0.296 e. The molecule has 1 aromatic rings. The van der Waals surface area contributed by atoms with E-state index in [0.717, 1.165) is 5.56 Å². The average molecular weight is 219 g/mol. The molecule has 16 heavy (non-hydrogen) atoms. The Morgan fingerprint density at radius 2 is 2.00 bits per heavy atom. The number of hydroxylamine groups is 2. The van der Waals surface area contributed by atoms with Crippen molar-refractivity contribution in [2.75, 3.05) is 0 Å². The summed E-state index contributed by atoms with van der Waals surface area (Å²) in [5, 5.41) is 9.80. The smallest absolute Gasteiger partial charge is 0.250 e. The van der Waals surface area contributed by atoms with Crippen molar-refractivity contribution in [3.8, 4) is 0 Å². The molecule has 1 N–H and O–H groups in total. The maximum absolute atomic E-state index is 11.2. The number of rotatable bonds is 4. The molecule has 0 saturated heterocycles. The molecule has 0 fully saturated rings. The van der Waals surface area contributed by atoms with Crippen LogP contribution in [0.4, 0.5) is 0 Å². The number of hydrogen-bond donors (Lipinski definition) is 1. The molecule has 0 saturated carbocycles. The van der Waals surface area contributed by atoms with E-state index in [4.69, 9.17) is 0 Å². The van der Waals surface area contributed by atoms with E-state index < -0.39 is 5.91 Å². The SMILES string of the molecule is CCC(=O)N(O)C(C=O)=Cc1ccccc1. The Labute approximate surface area is 93.8 Å². The summed E-state index contributed by atoms with van der Waals surface area (Å²) in [5.74, 6) is -0.519. The lowest BCUT2D eigenvalue weighted by atomic mass is 10.2. The van der Waals surface area contributed by atoms with Crippen LogP contribution in [0.3, 0.4) is 0 Å². The molecule has 4 heteroatoms. The molecule has 1 amide bonds. The van der Waals surface area contributed by atoms with Gasteiger partial charge in [-0.1, -0.05) is 37.3 Å². The average Bonchev–Trinajstić information content (AvgIpc) is 2.35. The highest BCUT2D eigenvalue weighted by molar-refractivity contribution is 5.88. The molecule has 0 heterocycles. The third-order valence-electron chi connectivity index (χ3n) is 2.02. The minimum atomic E-state index is -0.519. The highest BCUT2D eigenvalue weighted by Gasteiger charge is 2.12. The second kappa shape index (κ2) is 5.82. The molecule has 84 valence electrons. The van der Waals surface area contributed by atoms with Gasteiger partial charge in [-0.2, -0.15) is 5.06 Å². The van der Waals surface area contributed by atoms with E-state index in [1.165, 1.54) is 6.08 Å². The first-order chi connectivity index (χ1) is 7.69. The number of hydrogen-bond acceptors (Lipinski definition) is 3. The first kappa shape index (κ1) is 12.1. The number of benzene rings is 1. The van der Waals surface area contributed by atoms with E-state index in [1.54, 1.807) is 31.2 Å². The van der Waals surface area contributed by atoms with Gasteiger partial charge in [-0.25, -0.2) is 0 Å². The van der Waals surface area contributed by atoms with Crippen LogP contribution in [0.15, 0.2) is 36.0 Å². The predicted octanol–water partition coefficient (Wildman–Crippen LogP) is 1.85. The molecule has 4 nitrogen and oxygen atoms in total. The van der Waals surface area contributed by atoms with Crippen molar-refractivity contribution in [1.82, 2.24) is 5.06 Å². The third-order valence-corrected chi connectivity index (χ3v) is 2.02. The first-order valence-corrected chi connectivity index (χ1v) is 4.92. The maximum Gasteiger partial charge on any atom is 0.250 e. The van der Waals surface area contributed by atoms with Gasteiger partial charge in [0.15, 0.2) is 6.29 Å². The summed E-state index contributed by atoms with van der Waals surface area (Å²) in [6.45, 7) is 1.61. The molecule has 0 aliphatic heterocycles. The zero-order valence-corrected chi connectivity index (χ0v) is 8.96. The van der Waals surface area contributed by atoms with E-state index in [2.05, 4.69) is 0 Å². The van der Waals surface area contributed by atoms with Crippen LogP contribution < -0.4 is 0 Å². The monoisotopic (exact) mass is 219 g/mol. The van der Waals surface area contributed by atoms with Gasteiger partial charge in [-0.15, -0.1) is 0 Å². The van der Waals surface area contributed by atoms with Crippen molar-refractivity contribution in [3.05, 3.63) is 41.6 Å². The van der Waals surface area contributed by atoms with Gasteiger partial charge in [0, 0.05) is 6.42 Å². The Morgan fingerprint density at radius 1 is 1.38 bits per heavy atom. The third kappa shape index (κ3) is 3.03. The fraction of sp³-hybridized carbons (Fsp3) is 0.167. The van der Waals surface area contributed by atoms with Gasteiger partial charge in [-0.3, -0.25) is 14.8 Å². The first-order valence-electron chi connectivity index (χ1n) is 4.92. The highest BCUT2D eigenvalue weighted by Crippen LogP contribution is 2.08. The summed E-state index contributed by atoms with van der Waals surface area (Å²) in [7, 11) is 0. The van der Waals surface area contributed by atoms with E-state index in [9.17, 15) is 14.8 Å². The quantitative estimate of drug-likeness (QED) is 0.364. The van der Waals surface area contributed by atoms with Gasteiger partial charge in [0.1, 0.15) is 5.70 Å². The standard InChI is InChI=1S/C12H13NO3/c1-2-12(15)13(16)11(9-14)8-10-6-4-3-5-7-10/h3-9,16H,2H2,1H3. The number of aldehydes is 1. The Kier molecular flexibility index (Phi) is 4.42. The van der Waals surface area contributed by atoms with Crippen molar-refractivity contribution in [3.63, 3.8) is 0 Å². The molecule has 1 rings (SSSR count). The largest absolute Gasteiger partial charge is 0.296 e. The Balaban J connectivity index is 2.94. The summed E-state index contributed by atoms with van der Waals surface area (Å²) < 4.78 is 0. The number of carbonyl (C=O) groups excluding carboxylic acids is 2. The molecule has 0 spiro atoms. The van der Waals surface area contributed by atoms with Gasteiger partial charge in [0.05, 0.1) is 0 Å². The van der Waals surface area contributed by atoms with Crippen molar-refractivity contribution in [1.29, 1.82) is 0 Å². The molecule has 0 unspecified atom stereocenters. The van der Waals surface area contributed by atoms with Crippen LogP contribution in [0, 0.1) is 0 Å². The van der Waals surface area contributed by atoms with Gasteiger partial charge in [0.25, 0.3) is 5.91 Å². The summed E-state index contributed by atoms with van der Waals surface area (Å²) in [4.78, 5) is 21.9. The Morgan fingerprint density at radius 3 is 2.50 bits per heavy atom.